The van der Waals surface area contributed by atoms with Crippen molar-refractivity contribution in [2.75, 3.05) is 0 Å². The Hall–Kier alpha value is -0.693. The topological polar surface area (TPSA) is 54.0 Å². The lowest BCUT2D eigenvalue weighted by atomic mass is 10.4. The fourth-order valence-corrected chi connectivity index (χ4v) is 5.28. The third-order valence-corrected chi connectivity index (χ3v) is 6.28. The van der Waals surface area contributed by atoms with Gasteiger partial charge in [0.1, 0.15) is 0 Å². The summed E-state index contributed by atoms with van der Waals surface area (Å²) in [4.78, 5) is 11.9. The van der Waals surface area contributed by atoms with E-state index in [1.165, 1.54) is 0 Å². The van der Waals surface area contributed by atoms with Crippen LogP contribution in [0, 0.1) is 0 Å². The Morgan fingerprint density at radius 1 is 0.955 bits per heavy atom. The van der Waals surface area contributed by atoms with Gasteiger partial charge in [-0.1, -0.05) is 13.5 Å². The number of carbonyl (C=O) groups excluding carboxylic acids is 1. The molecule has 0 aromatic carbocycles. The second-order valence-corrected chi connectivity index (χ2v) is 8.74. The van der Waals surface area contributed by atoms with E-state index in [1.54, 1.807) is 6.92 Å². The monoisotopic (exact) mass is 332 g/mol. The van der Waals surface area contributed by atoms with Gasteiger partial charge >= 0.3 is 14.8 Å². The maximum absolute atomic E-state index is 11.9. The van der Waals surface area contributed by atoms with Gasteiger partial charge in [0.2, 0.25) is 0 Å². The molecule has 0 aromatic rings. The second-order valence-electron chi connectivity index (χ2n) is 6.19. The summed E-state index contributed by atoms with van der Waals surface area (Å²) >= 11 is 0. The van der Waals surface area contributed by atoms with Crippen LogP contribution in [0.2, 0.25) is 0 Å². The predicted octanol–water partition coefficient (Wildman–Crippen LogP) is 3.64. The zero-order valence-electron chi connectivity index (χ0n) is 15.3. The molecular weight excluding hydrogens is 300 g/mol. The summed E-state index contributed by atoms with van der Waals surface area (Å²) in [6.45, 7) is 18.7. The molecule has 22 heavy (non-hydrogen) atoms. The van der Waals surface area contributed by atoms with Crippen LogP contribution in [0.5, 0.6) is 0 Å². The Morgan fingerprint density at radius 3 is 1.55 bits per heavy atom. The number of ether oxygens (including phenoxy) is 1. The highest BCUT2D eigenvalue weighted by Crippen LogP contribution is 2.26. The molecule has 0 aliphatic rings. The van der Waals surface area contributed by atoms with Crippen molar-refractivity contribution in [3.63, 3.8) is 0 Å². The average molecular weight is 333 g/mol. The predicted molar refractivity (Wildman–Crippen MR) is 89.4 cm³/mol. The summed E-state index contributed by atoms with van der Waals surface area (Å²) in [5, 5.41) is 0. The molecule has 0 saturated heterocycles. The summed E-state index contributed by atoms with van der Waals surface area (Å²) in [5.74, 6) is -0.448. The second kappa shape index (κ2) is 9.45. The van der Waals surface area contributed by atoms with Crippen LogP contribution in [-0.2, 0) is 22.8 Å². The van der Waals surface area contributed by atoms with Gasteiger partial charge in [-0.25, -0.2) is 4.79 Å². The Bertz CT molecular complexity index is 339. The zero-order chi connectivity index (χ0) is 17.5. The standard InChI is InChI=1S/C16H32O5Si/c1-10-15(18-16(17)11(2)3)22(19-12(4)5,20-13(6)7)21-14(8)9/h12-15H,2,10H2,1,3-9H3. The highest BCUT2D eigenvalue weighted by Gasteiger charge is 2.54. The minimum absolute atomic E-state index is 0.0956. The van der Waals surface area contributed by atoms with Crippen LogP contribution in [-0.4, -0.2) is 38.8 Å². The highest BCUT2D eigenvalue weighted by atomic mass is 28.4. The molecule has 0 bridgehead atoms. The van der Waals surface area contributed by atoms with Crippen molar-refractivity contribution in [2.24, 2.45) is 0 Å². The minimum Gasteiger partial charge on any atom is -0.454 e. The molecule has 5 nitrogen and oxygen atoms in total. The van der Waals surface area contributed by atoms with Crippen molar-refractivity contribution < 1.29 is 22.8 Å². The molecule has 0 amide bonds. The summed E-state index contributed by atoms with van der Waals surface area (Å²) in [6, 6.07) is 0. The van der Waals surface area contributed by atoms with Crippen LogP contribution >= 0.6 is 0 Å². The molecule has 0 N–H and O–H groups in total. The smallest absolute Gasteiger partial charge is 0.454 e. The van der Waals surface area contributed by atoms with Crippen molar-refractivity contribution in [1.82, 2.24) is 0 Å². The summed E-state index contributed by atoms with van der Waals surface area (Å²) in [5.41, 5.74) is -0.205. The summed E-state index contributed by atoms with van der Waals surface area (Å²) < 4.78 is 23.8. The lowest BCUT2D eigenvalue weighted by molar-refractivity contribution is -0.146. The normalized spacial score (nSPS) is 13.8. The van der Waals surface area contributed by atoms with E-state index in [9.17, 15) is 4.79 Å². The van der Waals surface area contributed by atoms with Crippen LogP contribution in [0.1, 0.15) is 61.8 Å². The summed E-state index contributed by atoms with van der Waals surface area (Å²) in [6.07, 6.45) is 0.266. The van der Waals surface area contributed by atoms with E-state index < -0.39 is 20.5 Å². The Kier molecular flexibility index (Phi) is 9.15. The average Bonchev–Trinajstić information content (AvgIpc) is 2.32. The van der Waals surface area contributed by atoms with E-state index in [4.69, 9.17) is 18.0 Å². The number of hydrogen-bond acceptors (Lipinski definition) is 5. The molecule has 0 radical (unpaired) electrons. The van der Waals surface area contributed by atoms with Gasteiger partial charge in [-0.3, -0.25) is 0 Å². The van der Waals surface area contributed by atoms with Crippen molar-refractivity contribution in [3.05, 3.63) is 12.2 Å². The largest absolute Gasteiger partial charge is 0.544 e. The molecule has 0 aliphatic heterocycles. The Balaban J connectivity index is 5.60. The van der Waals surface area contributed by atoms with Crippen molar-refractivity contribution in [3.8, 4) is 0 Å². The van der Waals surface area contributed by atoms with Crippen LogP contribution < -0.4 is 0 Å². The summed E-state index contributed by atoms with van der Waals surface area (Å²) in [7, 11) is -3.21. The van der Waals surface area contributed by atoms with Gasteiger partial charge in [0.05, 0.1) is 0 Å². The van der Waals surface area contributed by atoms with Gasteiger partial charge in [0.15, 0.2) is 5.73 Å². The lowest BCUT2D eigenvalue weighted by Gasteiger charge is -2.38. The number of carbonyl (C=O) groups is 1. The fourth-order valence-electron chi connectivity index (χ4n) is 1.93. The zero-order valence-corrected chi connectivity index (χ0v) is 16.3. The molecule has 0 fully saturated rings. The number of esters is 1. The number of hydrogen-bond donors (Lipinski definition) is 0. The van der Waals surface area contributed by atoms with E-state index in [0.717, 1.165) is 0 Å². The van der Waals surface area contributed by atoms with Gasteiger partial charge in [0.25, 0.3) is 0 Å². The van der Waals surface area contributed by atoms with Crippen LogP contribution in [0.15, 0.2) is 12.2 Å². The van der Waals surface area contributed by atoms with Gasteiger partial charge < -0.3 is 18.0 Å². The van der Waals surface area contributed by atoms with Crippen LogP contribution in [0.25, 0.3) is 0 Å². The molecule has 0 aromatic heterocycles. The lowest BCUT2D eigenvalue weighted by Crippen LogP contribution is -2.61. The molecule has 0 saturated carbocycles. The molecule has 0 spiro atoms. The minimum atomic E-state index is -3.21. The fraction of sp³-hybridized carbons (Fsp3) is 0.812. The van der Waals surface area contributed by atoms with Crippen LogP contribution in [0.4, 0.5) is 0 Å². The maximum atomic E-state index is 11.9. The first-order valence-electron chi connectivity index (χ1n) is 7.94. The van der Waals surface area contributed by atoms with Crippen molar-refractivity contribution in [1.29, 1.82) is 0 Å². The molecule has 0 heterocycles. The third-order valence-electron chi connectivity index (χ3n) is 2.56. The SMILES string of the molecule is C=C(C)C(=O)OC(CC)[Si](OC(C)C)(OC(C)C)OC(C)C. The maximum Gasteiger partial charge on any atom is 0.544 e. The quantitative estimate of drug-likeness (QED) is 0.347. The van der Waals surface area contributed by atoms with E-state index in [1.807, 2.05) is 48.5 Å². The van der Waals surface area contributed by atoms with E-state index in [2.05, 4.69) is 6.58 Å². The number of rotatable bonds is 10. The molecule has 130 valence electrons. The van der Waals surface area contributed by atoms with Gasteiger partial charge in [-0.2, -0.15) is 0 Å². The van der Waals surface area contributed by atoms with E-state index in [0.29, 0.717) is 12.0 Å². The molecule has 1 unspecified atom stereocenters. The Morgan fingerprint density at radius 2 is 1.32 bits per heavy atom. The van der Waals surface area contributed by atoms with Crippen molar-refractivity contribution >= 4 is 14.8 Å². The van der Waals surface area contributed by atoms with Crippen molar-refractivity contribution in [2.45, 2.75) is 85.8 Å². The Labute approximate surface area is 136 Å². The van der Waals surface area contributed by atoms with E-state index >= 15 is 0 Å². The highest BCUT2D eigenvalue weighted by molar-refractivity contribution is 6.62. The molecule has 0 aliphatic carbocycles. The molecular formula is C16H32O5Si. The first kappa shape index (κ1) is 21.3. The van der Waals surface area contributed by atoms with Crippen LogP contribution in [0.3, 0.4) is 0 Å². The molecule has 0 rings (SSSR count). The molecule has 1 atom stereocenters. The van der Waals surface area contributed by atoms with E-state index in [-0.39, 0.29) is 18.3 Å². The first-order valence-corrected chi connectivity index (χ1v) is 9.74. The third kappa shape index (κ3) is 7.04. The van der Waals surface area contributed by atoms with Gasteiger partial charge in [0, 0.05) is 23.9 Å². The molecule has 6 heteroatoms. The van der Waals surface area contributed by atoms with Gasteiger partial charge in [-0.15, -0.1) is 0 Å². The van der Waals surface area contributed by atoms with Gasteiger partial charge in [-0.05, 0) is 54.9 Å². The first-order chi connectivity index (χ1) is 10.0.